The van der Waals surface area contributed by atoms with Gasteiger partial charge in [-0.15, -0.1) is 0 Å². The van der Waals surface area contributed by atoms with Crippen molar-refractivity contribution in [1.82, 2.24) is 4.98 Å². The summed E-state index contributed by atoms with van der Waals surface area (Å²) in [5.74, 6) is -0.323. The molecule has 5 heteroatoms. The quantitative estimate of drug-likeness (QED) is 0.716. The molecule has 1 heterocycles. The van der Waals surface area contributed by atoms with E-state index >= 15 is 0 Å². The number of hydrogen-bond donors (Lipinski definition) is 3. The summed E-state index contributed by atoms with van der Waals surface area (Å²) in [6.45, 7) is 3.66. The molecule has 5 nitrogen and oxygen atoms in total. The lowest BCUT2D eigenvalue weighted by Gasteiger charge is -2.13. The van der Waals surface area contributed by atoms with Crippen molar-refractivity contribution in [2.45, 2.75) is 26.4 Å². The van der Waals surface area contributed by atoms with Gasteiger partial charge in [0.05, 0.1) is 12.5 Å². The molecule has 1 unspecified atom stereocenters. The number of carbonyl (C=O) groups is 1. The minimum atomic E-state index is -0.689. The zero-order valence-electron chi connectivity index (χ0n) is 9.34. The van der Waals surface area contributed by atoms with Crippen LogP contribution in [-0.4, -0.2) is 27.2 Å². The molecule has 1 aromatic heterocycles. The van der Waals surface area contributed by atoms with Gasteiger partial charge in [0.1, 0.15) is 0 Å². The molecule has 0 saturated heterocycles. The smallest absolute Gasteiger partial charge is 0.228 e. The molecule has 0 aliphatic carbocycles. The second kappa shape index (κ2) is 5.46. The number of pyridine rings is 1. The van der Waals surface area contributed by atoms with Gasteiger partial charge in [0.25, 0.3) is 0 Å². The van der Waals surface area contributed by atoms with Crippen molar-refractivity contribution in [2.24, 2.45) is 5.92 Å². The van der Waals surface area contributed by atoms with Gasteiger partial charge in [0.2, 0.25) is 5.91 Å². The second-order valence-corrected chi connectivity index (χ2v) is 3.93. The summed E-state index contributed by atoms with van der Waals surface area (Å²) in [5.41, 5.74) is 0. The molecule has 1 aromatic rings. The van der Waals surface area contributed by atoms with Gasteiger partial charge in [-0.25, -0.2) is 4.98 Å². The third kappa shape index (κ3) is 3.51. The van der Waals surface area contributed by atoms with Crippen LogP contribution < -0.4 is 5.32 Å². The van der Waals surface area contributed by atoms with E-state index in [0.717, 1.165) is 0 Å². The average Bonchev–Trinajstić information content (AvgIpc) is 2.21. The van der Waals surface area contributed by atoms with Gasteiger partial charge in [-0.05, 0) is 18.1 Å². The molecular weight excluding hydrogens is 208 g/mol. The van der Waals surface area contributed by atoms with Crippen LogP contribution >= 0.6 is 0 Å². The first-order valence-electron chi connectivity index (χ1n) is 5.12. The number of aromatic hydroxyl groups is 1. The summed E-state index contributed by atoms with van der Waals surface area (Å²) in [6, 6.07) is 3.00. The molecule has 0 aliphatic heterocycles. The lowest BCUT2D eigenvalue weighted by atomic mass is 10.0. The maximum Gasteiger partial charge on any atom is 0.228 e. The summed E-state index contributed by atoms with van der Waals surface area (Å²) in [4.78, 5) is 15.3. The van der Waals surface area contributed by atoms with Gasteiger partial charge in [0.15, 0.2) is 11.6 Å². The highest BCUT2D eigenvalue weighted by atomic mass is 16.3. The second-order valence-electron chi connectivity index (χ2n) is 3.93. The van der Waals surface area contributed by atoms with Crippen LogP contribution in [0.2, 0.25) is 0 Å². The molecule has 0 aliphatic rings. The third-order valence-corrected chi connectivity index (χ3v) is 2.21. The summed E-state index contributed by atoms with van der Waals surface area (Å²) in [6.07, 6.45) is 0.771. The summed E-state index contributed by atoms with van der Waals surface area (Å²) in [5, 5.41) is 21.3. The predicted octanol–water partition coefficient (Wildman–Crippen LogP) is 1.13. The van der Waals surface area contributed by atoms with E-state index < -0.39 is 6.10 Å². The summed E-state index contributed by atoms with van der Waals surface area (Å²) >= 11 is 0. The Hall–Kier alpha value is -1.62. The standard InChI is InChI=1S/C11H16N2O3/c1-7(2)9(15)6-10(16)13-11-8(14)4-3-5-12-11/h3-5,7,9,14-15H,6H2,1-2H3,(H,12,13,16). The van der Waals surface area contributed by atoms with Crippen molar-refractivity contribution in [3.05, 3.63) is 18.3 Å². The van der Waals surface area contributed by atoms with E-state index in [1.54, 1.807) is 6.07 Å². The first kappa shape index (κ1) is 12.4. The Morgan fingerprint density at radius 3 is 2.81 bits per heavy atom. The molecule has 0 saturated carbocycles. The van der Waals surface area contributed by atoms with E-state index in [4.69, 9.17) is 0 Å². The van der Waals surface area contributed by atoms with Gasteiger partial charge in [0, 0.05) is 6.20 Å². The zero-order valence-corrected chi connectivity index (χ0v) is 9.34. The number of carbonyl (C=O) groups excluding carboxylic acids is 1. The highest BCUT2D eigenvalue weighted by molar-refractivity contribution is 5.91. The molecule has 0 bridgehead atoms. The van der Waals surface area contributed by atoms with Crippen LogP contribution in [0.1, 0.15) is 20.3 Å². The number of aromatic nitrogens is 1. The summed E-state index contributed by atoms with van der Waals surface area (Å²) in [7, 11) is 0. The highest BCUT2D eigenvalue weighted by Crippen LogP contribution is 2.18. The van der Waals surface area contributed by atoms with Crippen molar-refractivity contribution in [2.75, 3.05) is 5.32 Å². The van der Waals surface area contributed by atoms with Crippen LogP contribution in [-0.2, 0) is 4.79 Å². The first-order valence-corrected chi connectivity index (χ1v) is 5.12. The van der Waals surface area contributed by atoms with E-state index in [2.05, 4.69) is 10.3 Å². The fourth-order valence-electron chi connectivity index (χ4n) is 1.10. The molecule has 16 heavy (non-hydrogen) atoms. The van der Waals surface area contributed by atoms with Crippen molar-refractivity contribution < 1.29 is 15.0 Å². The van der Waals surface area contributed by atoms with Gasteiger partial charge < -0.3 is 15.5 Å². The van der Waals surface area contributed by atoms with Crippen molar-refractivity contribution in [3.63, 3.8) is 0 Å². The summed E-state index contributed by atoms with van der Waals surface area (Å²) < 4.78 is 0. The van der Waals surface area contributed by atoms with Gasteiger partial charge in [-0.2, -0.15) is 0 Å². The predicted molar refractivity (Wildman–Crippen MR) is 60.0 cm³/mol. The van der Waals surface area contributed by atoms with Gasteiger partial charge >= 0.3 is 0 Å². The normalized spacial score (nSPS) is 12.5. The third-order valence-electron chi connectivity index (χ3n) is 2.21. The van der Waals surface area contributed by atoms with E-state index in [1.165, 1.54) is 12.3 Å². The van der Waals surface area contributed by atoms with E-state index in [1.807, 2.05) is 13.8 Å². The molecule has 0 spiro atoms. The monoisotopic (exact) mass is 224 g/mol. The minimum Gasteiger partial charge on any atom is -0.504 e. The number of rotatable bonds is 4. The molecule has 88 valence electrons. The number of nitrogens with zero attached hydrogens (tertiary/aromatic N) is 1. The van der Waals surface area contributed by atoms with Crippen LogP contribution in [0.15, 0.2) is 18.3 Å². The molecule has 3 N–H and O–H groups in total. The van der Waals surface area contributed by atoms with Crippen LogP contribution in [0.25, 0.3) is 0 Å². The van der Waals surface area contributed by atoms with Crippen LogP contribution in [0.3, 0.4) is 0 Å². The molecule has 1 rings (SSSR count). The van der Waals surface area contributed by atoms with Crippen molar-refractivity contribution in [1.29, 1.82) is 0 Å². The maximum atomic E-state index is 11.5. The highest BCUT2D eigenvalue weighted by Gasteiger charge is 2.15. The first-order chi connectivity index (χ1) is 7.50. The molecule has 1 atom stereocenters. The Labute approximate surface area is 94.1 Å². The van der Waals surface area contributed by atoms with E-state index in [-0.39, 0.29) is 29.8 Å². The minimum absolute atomic E-state index is 0.00627. The van der Waals surface area contributed by atoms with Gasteiger partial charge in [-0.1, -0.05) is 13.8 Å². The Morgan fingerprint density at radius 1 is 1.56 bits per heavy atom. The lowest BCUT2D eigenvalue weighted by molar-refractivity contribution is -0.118. The Balaban J connectivity index is 2.55. The van der Waals surface area contributed by atoms with Crippen molar-refractivity contribution in [3.8, 4) is 5.75 Å². The molecule has 0 fully saturated rings. The molecular formula is C11H16N2O3. The molecule has 0 aromatic carbocycles. The Morgan fingerprint density at radius 2 is 2.25 bits per heavy atom. The Bertz CT molecular complexity index is 366. The largest absolute Gasteiger partial charge is 0.504 e. The van der Waals surface area contributed by atoms with E-state index in [0.29, 0.717) is 0 Å². The SMILES string of the molecule is CC(C)C(O)CC(=O)Nc1ncccc1O. The zero-order chi connectivity index (χ0) is 12.1. The molecule has 0 radical (unpaired) electrons. The van der Waals surface area contributed by atoms with E-state index in [9.17, 15) is 15.0 Å². The fourth-order valence-corrected chi connectivity index (χ4v) is 1.10. The maximum absolute atomic E-state index is 11.5. The number of amides is 1. The van der Waals surface area contributed by atoms with Crippen LogP contribution in [0.5, 0.6) is 5.75 Å². The number of anilines is 1. The molecule has 1 amide bonds. The fraction of sp³-hybridized carbons (Fsp3) is 0.455. The number of aliphatic hydroxyl groups is 1. The van der Waals surface area contributed by atoms with Crippen LogP contribution in [0.4, 0.5) is 5.82 Å². The lowest BCUT2D eigenvalue weighted by Crippen LogP contribution is -2.24. The van der Waals surface area contributed by atoms with Crippen molar-refractivity contribution >= 4 is 11.7 Å². The number of hydrogen-bond acceptors (Lipinski definition) is 4. The average molecular weight is 224 g/mol. The topological polar surface area (TPSA) is 82.5 Å². The Kier molecular flexibility index (Phi) is 4.25. The van der Waals surface area contributed by atoms with Gasteiger partial charge in [-0.3, -0.25) is 4.79 Å². The number of nitrogens with one attached hydrogen (secondary N) is 1. The number of aliphatic hydroxyl groups excluding tert-OH is 1. The van der Waals surface area contributed by atoms with Crippen LogP contribution in [0, 0.1) is 5.92 Å².